The number of aromatic nitrogens is 2. The van der Waals surface area contributed by atoms with Crippen LogP contribution in [0.3, 0.4) is 0 Å². The van der Waals surface area contributed by atoms with Crippen molar-refractivity contribution in [3.05, 3.63) is 75.8 Å². The number of fused-ring (bicyclic) bond motifs is 1. The molecule has 7 heteroatoms. The summed E-state index contributed by atoms with van der Waals surface area (Å²) in [5.41, 5.74) is 2.16. The highest BCUT2D eigenvalue weighted by Crippen LogP contribution is 2.13. The molecular formula is C21H20N2O5. The van der Waals surface area contributed by atoms with Gasteiger partial charge in [0, 0.05) is 24.2 Å². The van der Waals surface area contributed by atoms with Crippen LogP contribution in [0.2, 0.25) is 0 Å². The maximum Gasteiger partial charge on any atom is 0.344 e. The summed E-state index contributed by atoms with van der Waals surface area (Å²) in [5, 5.41) is 0. The zero-order chi connectivity index (χ0) is 20.1. The van der Waals surface area contributed by atoms with Crippen molar-refractivity contribution < 1.29 is 19.1 Å². The van der Waals surface area contributed by atoms with Crippen molar-refractivity contribution in [1.82, 2.24) is 9.38 Å². The van der Waals surface area contributed by atoms with Crippen LogP contribution in [-0.4, -0.2) is 27.7 Å². The van der Waals surface area contributed by atoms with Gasteiger partial charge < -0.3 is 9.47 Å². The lowest BCUT2D eigenvalue weighted by molar-refractivity contribution is -0.147. The average Bonchev–Trinajstić information content (AvgIpc) is 2.71. The first-order chi connectivity index (χ1) is 13.5. The van der Waals surface area contributed by atoms with Crippen LogP contribution in [-0.2, 0) is 16.1 Å². The number of nitrogens with zero attached hydrogens (tertiary/aromatic N) is 2. The number of esters is 1. The molecule has 0 fully saturated rings. The fourth-order valence-corrected chi connectivity index (χ4v) is 2.61. The van der Waals surface area contributed by atoms with E-state index in [0.717, 1.165) is 5.56 Å². The lowest BCUT2D eigenvalue weighted by atomic mass is 10.1. The minimum absolute atomic E-state index is 0.0416. The highest BCUT2D eigenvalue weighted by molar-refractivity contribution is 5.95. The minimum atomic E-state index is -0.584. The summed E-state index contributed by atoms with van der Waals surface area (Å²) in [6, 6.07) is 11.5. The van der Waals surface area contributed by atoms with Crippen molar-refractivity contribution >= 4 is 17.4 Å². The number of aryl methyl sites for hydroxylation is 1. The van der Waals surface area contributed by atoms with E-state index in [4.69, 9.17) is 9.47 Å². The van der Waals surface area contributed by atoms with Gasteiger partial charge in [-0.2, -0.15) is 0 Å². The van der Waals surface area contributed by atoms with E-state index in [0.29, 0.717) is 29.1 Å². The zero-order valence-corrected chi connectivity index (χ0v) is 15.7. The van der Waals surface area contributed by atoms with Crippen LogP contribution in [0.4, 0.5) is 0 Å². The highest BCUT2D eigenvalue weighted by Gasteiger charge is 2.09. The van der Waals surface area contributed by atoms with E-state index in [2.05, 4.69) is 4.98 Å². The number of Topliss-reactive ketones (excluding diaryl/α,β-unsaturated/α-hetero) is 1. The molecule has 0 aliphatic heterocycles. The molecule has 0 amide bonds. The summed E-state index contributed by atoms with van der Waals surface area (Å²) in [6.45, 7) is 3.28. The number of rotatable bonds is 7. The predicted octanol–water partition coefficient (Wildman–Crippen LogP) is 2.72. The van der Waals surface area contributed by atoms with Gasteiger partial charge in [-0.3, -0.25) is 14.0 Å². The van der Waals surface area contributed by atoms with Gasteiger partial charge in [-0.25, -0.2) is 9.78 Å². The van der Waals surface area contributed by atoms with Crippen LogP contribution in [0.15, 0.2) is 53.5 Å². The molecule has 3 rings (SSSR count). The summed E-state index contributed by atoms with van der Waals surface area (Å²) >= 11 is 0. The number of ketones is 1. The molecule has 7 nitrogen and oxygen atoms in total. The Balaban J connectivity index is 1.56. The molecule has 0 atom stereocenters. The van der Waals surface area contributed by atoms with Crippen molar-refractivity contribution in [2.75, 3.05) is 6.61 Å². The monoisotopic (exact) mass is 380 g/mol. The van der Waals surface area contributed by atoms with Crippen molar-refractivity contribution in [2.24, 2.45) is 0 Å². The molecule has 0 saturated carbocycles. The SMILES string of the molecule is CCC(=O)c1ccc(OCC(=O)OCc2cc(=O)n3cc(C)ccc3n2)cc1. The van der Waals surface area contributed by atoms with Gasteiger partial charge in [0.25, 0.3) is 5.56 Å². The number of ether oxygens (including phenoxy) is 2. The molecule has 2 heterocycles. The van der Waals surface area contributed by atoms with Crippen LogP contribution in [0.5, 0.6) is 5.75 Å². The number of hydrogen-bond donors (Lipinski definition) is 0. The second kappa shape index (κ2) is 8.47. The molecular weight excluding hydrogens is 360 g/mol. The third-order valence-electron chi connectivity index (χ3n) is 4.10. The molecule has 0 aliphatic carbocycles. The van der Waals surface area contributed by atoms with Gasteiger partial charge in [0.2, 0.25) is 0 Å². The van der Waals surface area contributed by atoms with Crippen LogP contribution < -0.4 is 10.3 Å². The first-order valence-corrected chi connectivity index (χ1v) is 8.87. The second-order valence-electron chi connectivity index (χ2n) is 6.27. The third-order valence-corrected chi connectivity index (χ3v) is 4.10. The van der Waals surface area contributed by atoms with E-state index in [1.165, 1.54) is 10.5 Å². The number of carbonyl (C=O) groups excluding carboxylic acids is 2. The molecule has 0 unspecified atom stereocenters. The number of hydrogen-bond acceptors (Lipinski definition) is 6. The normalized spacial score (nSPS) is 10.6. The Labute approximate surface area is 161 Å². The Morgan fingerprint density at radius 3 is 2.57 bits per heavy atom. The standard InChI is InChI=1S/C21H20N2O5/c1-3-18(24)15-5-7-17(8-6-15)27-13-21(26)28-12-16-10-20(25)23-11-14(2)4-9-19(23)22-16/h4-11H,3,12-13H2,1-2H3. The maximum absolute atomic E-state index is 12.1. The minimum Gasteiger partial charge on any atom is -0.482 e. The quantitative estimate of drug-likeness (QED) is 0.463. The third kappa shape index (κ3) is 4.62. The second-order valence-corrected chi connectivity index (χ2v) is 6.27. The van der Waals surface area contributed by atoms with E-state index in [1.807, 2.05) is 13.0 Å². The van der Waals surface area contributed by atoms with Crippen LogP contribution in [0, 0.1) is 6.92 Å². The molecule has 28 heavy (non-hydrogen) atoms. The summed E-state index contributed by atoms with van der Waals surface area (Å²) in [5.74, 6) is -0.0819. The Morgan fingerprint density at radius 1 is 1.11 bits per heavy atom. The summed E-state index contributed by atoms with van der Waals surface area (Å²) < 4.78 is 11.9. The lowest BCUT2D eigenvalue weighted by Gasteiger charge is -2.08. The first kappa shape index (κ1) is 19.3. The van der Waals surface area contributed by atoms with Crippen LogP contribution >= 0.6 is 0 Å². The van der Waals surface area contributed by atoms with Gasteiger partial charge in [-0.1, -0.05) is 13.0 Å². The predicted molar refractivity (Wildman–Crippen MR) is 103 cm³/mol. The first-order valence-electron chi connectivity index (χ1n) is 8.87. The Morgan fingerprint density at radius 2 is 1.86 bits per heavy atom. The van der Waals surface area contributed by atoms with Crippen LogP contribution in [0.1, 0.15) is 35.0 Å². The van der Waals surface area contributed by atoms with Gasteiger partial charge in [0.1, 0.15) is 18.0 Å². The van der Waals surface area contributed by atoms with Crippen molar-refractivity contribution in [3.63, 3.8) is 0 Å². The van der Waals surface area contributed by atoms with Crippen LogP contribution in [0.25, 0.3) is 5.65 Å². The van der Waals surface area contributed by atoms with Gasteiger partial charge in [-0.15, -0.1) is 0 Å². The van der Waals surface area contributed by atoms with E-state index < -0.39 is 5.97 Å². The average molecular weight is 380 g/mol. The summed E-state index contributed by atoms with van der Waals surface area (Å²) in [6.07, 6.45) is 2.13. The van der Waals surface area contributed by atoms with E-state index in [1.54, 1.807) is 43.5 Å². The van der Waals surface area contributed by atoms with E-state index in [-0.39, 0.29) is 24.6 Å². The fourth-order valence-electron chi connectivity index (χ4n) is 2.61. The van der Waals surface area contributed by atoms with Gasteiger partial charge >= 0.3 is 5.97 Å². The van der Waals surface area contributed by atoms with Crippen molar-refractivity contribution in [3.8, 4) is 5.75 Å². The molecule has 0 radical (unpaired) electrons. The maximum atomic E-state index is 12.1. The van der Waals surface area contributed by atoms with E-state index >= 15 is 0 Å². The Bertz CT molecular complexity index is 1070. The molecule has 0 spiro atoms. The Kier molecular flexibility index (Phi) is 5.84. The zero-order valence-electron chi connectivity index (χ0n) is 15.7. The smallest absolute Gasteiger partial charge is 0.344 e. The van der Waals surface area contributed by atoms with Gasteiger partial charge in [0.15, 0.2) is 12.4 Å². The lowest BCUT2D eigenvalue weighted by Crippen LogP contribution is -2.18. The molecule has 0 saturated heterocycles. The molecule has 2 aromatic heterocycles. The van der Waals surface area contributed by atoms with Gasteiger partial charge in [-0.05, 0) is 42.8 Å². The molecule has 144 valence electrons. The van der Waals surface area contributed by atoms with Crippen molar-refractivity contribution in [2.45, 2.75) is 26.9 Å². The topological polar surface area (TPSA) is 87.0 Å². The molecule has 0 N–H and O–H groups in total. The van der Waals surface area contributed by atoms with E-state index in [9.17, 15) is 14.4 Å². The Hall–Kier alpha value is -3.48. The summed E-state index contributed by atoms with van der Waals surface area (Å²) in [7, 11) is 0. The largest absolute Gasteiger partial charge is 0.482 e. The molecule has 3 aromatic rings. The number of carbonyl (C=O) groups is 2. The van der Waals surface area contributed by atoms with Crippen molar-refractivity contribution in [1.29, 1.82) is 0 Å². The molecule has 0 bridgehead atoms. The number of pyridine rings is 1. The fraction of sp³-hybridized carbons (Fsp3) is 0.238. The van der Waals surface area contributed by atoms with Gasteiger partial charge in [0.05, 0.1) is 5.69 Å². The highest BCUT2D eigenvalue weighted by atomic mass is 16.6. The summed E-state index contributed by atoms with van der Waals surface area (Å²) in [4.78, 5) is 39.9. The molecule has 0 aliphatic rings. The number of benzene rings is 1. The molecule has 1 aromatic carbocycles.